The number of carbonyl (C=O) groups excluding carboxylic acids is 7. The fourth-order valence-electron chi connectivity index (χ4n) is 10.2. The number of nitrogens with one attached hydrogen (secondary N) is 5. The fourth-order valence-corrected chi connectivity index (χ4v) is 11.2. The van der Waals surface area contributed by atoms with Crippen molar-refractivity contribution in [1.82, 2.24) is 26.6 Å². The van der Waals surface area contributed by atoms with E-state index in [4.69, 9.17) is 38.1 Å². The largest absolute Gasteiger partial charge is 0.480 e. The van der Waals surface area contributed by atoms with Crippen LogP contribution in [0.3, 0.4) is 0 Å². The van der Waals surface area contributed by atoms with Crippen LogP contribution in [0.5, 0.6) is 0 Å². The average Bonchev–Trinajstić information content (AvgIpc) is 3.53. The summed E-state index contributed by atoms with van der Waals surface area (Å²) >= 11 is 1.20. The zero-order valence-electron chi connectivity index (χ0n) is 54.8. The van der Waals surface area contributed by atoms with Gasteiger partial charge in [0.1, 0.15) is 42.9 Å². The molecule has 0 rings (SSSR count). The van der Waals surface area contributed by atoms with Gasteiger partial charge >= 0.3 is 17.9 Å². The third-order valence-corrected chi connectivity index (χ3v) is 17.0. The highest BCUT2D eigenvalue weighted by Gasteiger charge is 2.33. The molecule has 0 saturated heterocycles. The van der Waals surface area contributed by atoms with Crippen LogP contribution in [0.2, 0.25) is 0 Å². The van der Waals surface area contributed by atoms with Gasteiger partial charge in [-0.2, -0.15) is 11.8 Å². The second-order valence-corrected chi connectivity index (χ2v) is 25.0. The lowest BCUT2D eigenvalue weighted by Crippen LogP contribution is -2.59. The van der Waals surface area contributed by atoms with Crippen molar-refractivity contribution in [3.8, 4) is 0 Å². The number of aliphatic hydroxyl groups is 1. The third kappa shape index (κ3) is 49.2. The number of hydrogen-bond donors (Lipinski definition) is 12. The summed E-state index contributed by atoms with van der Waals surface area (Å²) in [6.45, 7) is 4.72. The Morgan fingerprint density at radius 2 is 0.697 bits per heavy atom. The third-order valence-electron chi connectivity index (χ3n) is 15.8. The van der Waals surface area contributed by atoms with Gasteiger partial charge < -0.3 is 74.9 Å². The van der Waals surface area contributed by atoms with E-state index in [9.17, 15) is 48.6 Å². The number of hydrogen-bond acceptors (Lipinski definition) is 17. The maximum Gasteiger partial charge on any atom is 0.326 e. The Bertz CT molecular complexity index is 1810. The molecule has 0 unspecified atom stereocenters. The van der Waals surface area contributed by atoms with Crippen molar-refractivity contribution in [1.29, 1.82) is 0 Å². The standard InChI is InChI=1S/C65H126N10O12S.CH4/c1-3-5-7-9-11-13-15-17-19-21-23-25-27-41-58(77)86-48-51(87-59(78)42-28-26-24-22-20-18-16-14-12-10-8-6-4-2)49-88-50-52(70)60(79)75-57(47-76)64(83)73-54(38-30-34-44-67)62(81)71-53(37-29-33-43-66)61(80)72-55(39-31-35-45-68)63(82)74-56(65(84)85)40-32-36-46-69;/h51-57,76H,3-50,66-70H2,1-2H3,(H,71,81)(H,72,80)(H,73,83)(H,74,82)(H,75,79)(H,84,85);1H4/t51-,52+,53+,54+,55+,56+,57+;/m1./s1. The first kappa shape index (κ1) is 86.9. The zero-order valence-corrected chi connectivity index (χ0v) is 55.6. The molecule has 23 heteroatoms. The number of rotatable bonds is 63. The van der Waals surface area contributed by atoms with Gasteiger partial charge in [-0.05, 0) is 116 Å². The van der Waals surface area contributed by atoms with Gasteiger partial charge in [-0.25, -0.2) is 4.79 Å². The molecule has 0 aliphatic rings. The summed E-state index contributed by atoms with van der Waals surface area (Å²) in [5.74, 6) is -5.71. The molecule has 22 nitrogen and oxygen atoms in total. The minimum Gasteiger partial charge on any atom is -0.480 e. The Kier molecular flexibility index (Phi) is 60.0. The molecule has 0 aliphatic heterocycles. The predicted molar refractivity (Wildman–Crippen MR) is 359 cm³/mol. The number of thioether (sulfide) groups is 1. The SMILES string of the molecule is C.CCCCCCCCCCCCCCCC(=O)OC[C@H](CSC[C@H](N)C(=O)N[C@@H](CO)C(=O)N[C@@H](CCCCN)C(=O)N[C@@H](CCCCN)C(=O)N[C@@H](CCCCN)C(=O)N[C@@H](CCCCN)C(=O)O)OC(=O)CCCCCCCCCCCCCCC. The topological polar surface area (TPSA) is 386 Å². The first-order valence-electron chi connectivity index (χ1n) is 34.5. The Morgan fingerprint density at radius 3 is 1.03 bits per heavy atom. The smallest absolute Gasteiger partial charge is 0.326 e. The number of carbonyl (C=O) groups is 8. The van der Waals surface area contributed by atoms with E-state index in [-0.39, 0.29) is 76.6 Å². The Morgan fingerprint density at radius 1 is 0.393 bits per heavy atom. The monoisotopic (exact) mass is 1290 g/mol. The number of aliphatic carboxylic acids is 1. The molecule has 0 bridgehead atoms. The maximum absolute atomic E-state index is 14.1. The minimum absolute atomic E-state index is 0. The van der Waals surface area contributed by atoms with Crippen LogP contribution in [0.4, 0.5) is 0 Å². The van der Waals surface area contributed by atoms with Gasteiger partial charge in [-0.15, -0.1) is 0 Å². The lowest BCUT2D eigenvalue weighted by molar-refractivity contribution is -0.157. The zero-order chi connectivity index (χ0) is 65.3. The minimum atomic E-state index is -1.54. The van der Waals surface area contributed by atoms with Gasteiger partial charge in [-0.1, -0.05) is 175 Å². The number of amides is 5. The molecule has 0 aromatic rings. The molecule has 0 radical (unpaired) electrons. The number of carboxylic acids is 1. The van der Waals surface area contributed by atoms with E-state index in [1.807, 2.05) is 0 Å². The molecule has 89 heavy (non-hydrogen) atoms. The van der Waals surface area contributed by atoms with Gasteiger partial charge in [0, 0.05) is 24.3 Å². The maximum atomic E-state index is 14.1. The van der Waals surface area contributed by atoms with E-state index in [0.29, 0.717) is 83.8 Å². The summed E-state index contributed by atoms with van der Waals surface area (Å²) in [5.41, 5.74) is 29.1. The number of ether oxygens (including phenoxy) is 2. The van der Waals surface area contributed by atoms with Crippen molar-refractivity contribution in [2.45, 2.75) is 320 Å². The van der Waals surface area contributed by atoms with Crippen LogP contribution < -0.4 is 55.3 Å². The summed E-state index contributed by atoms with van der Waals surface area (Å²) in [4.78, 5) is 107. The quantitative estimate of drug-likeness (QED) is 0.0202. The van der Waals surface area contributed by atoms with Gasteiger partial charge in [0.15, 0.2) is 0 Å². The van der Waals surface area contributed by atoms with Crippen LogP contribution in [0.15, 0.2) is 0 Å². The van der Waals surface area contributed by atoms with E-state index < -0.39 is 90.4 Å². The lowest BCUT2D eigenvalue weighted by atomic mass is 10.0. The molecule has 0 fully saturated rings. The van der Waals surface area contributed by atoms with Gasteiger partial charge in [0.25, 0.3) is 0 Å². The van der Waals surface area contributed by atoms with Crippen LogP contribution in [-0.2, 0) is 47.8 Å². The summed E-state index contributed by atoms with van der Waals surface area (Å²) in [7, 11) is 0. The van der Waals surface area contributed by atoms with Crippen LogP contribution in [-0.4, -0.2) is 151 Å². The van der Waals surface area contributed by atoms with Crippen LogP contribution in [0.25, 0.3) is 0 Å². The van der Waals surface area contributed by atoms with Crippen LogP contribution >= 0.6 is 11.8 Å². The molecule has 0 spiro atoms. The molecule has 0 saturated carbocycles. The van der Waals surface area contributed by atoms with E-state index >= 15 is 0 Å². The fraction of sp³-hybridized carbons (Fsp3) is 0.879. The molecule has 0 aliphatic carbocycles. The summed E-state index contributed by atoms with van der Waals surface area (Å²) in [6.07, 6.45) is 34.6. The number of nitrogens with two attached hydrogens (primary N) is 5. The second-order valence-electron chi connectivity index (χ2n) is 23.9. The molecule has 0 heterocycles. The average molecular weight is 1290 g/mol. The number of esters is 2. The molecule has 5 amide bonds. The first-order chi connectivity index (χ1) is 42.6. The molecule has 7 atom stereocenters. The summed E-state index contributed by atoms with van der Waals surface area (Å²) in [5, 5.41) is 33.2. The van der Waals surface area contributed by atoms with Crippen molar-refractivity contribution >= 4 is 59.2 Å². The van der Waals surface area contributed by atoms with Gasteiger partial charge in [0.05, 0.1) is 12.6 Å². The molecular weight excluding hydrogens is 1160 g/mol. The van der Waals surface area contributed by atoms with Crippen LogP contribution in [0, 0.1) is 0 Å². The second kappa shape index (κ2) is 61.4. The number of carboxylic acid groups (broad SMARTS) is 1. The van der Waals surface area contributed by atoms with Crippen molar-refractivity contribution < 1.29 is 58.0 Å². The molecule has 0 aromatic heterocycles. The molecule has 522 valence electrons. The predicted octanol–water partition coefficient (Wildman–Crippen LogP) is 8.12. The normalized spacial score (nSPS) is 13.6. The van der Waals surface area contributed by atoms with Crippen LogP contribution in [0.1, 0.15) is 278 Å². The van der Waals surface area contributed by atoms with Gasteiger partial charge in [-0.3, -0.25) is 33.6 Å². The highest BCUT2D eigenvalue weighted by Crippen LogP contribution is 2.18. The van der Waals surface area contributed by atoms with E-state index in [1.54, 1.807) is 0 Å². The molecule has 0 aromatic carbocycles. The van der Waals surface area contributed by atoms with Crippen molar-refractivity contribution in [2.24, 2.45) is 28.7 Å². The molecule has 17 N–H and O–H groups in total. The van der Waals surface area contributed by atoms with E-state index in [0.717, 1.165) is 38.5 Å². The Hall–Kier alpha value is -4.13. The van der Waals surface area contributed by atoms with Gasteiger partial charge in [0.2, 0.25) is 29.5 Å². The van der Waals surface area contributed by atoms with Crippen molar-refractivity contribution in [3.05, 3.63) is 0 Å². The molecular formula is C66H130N10O12S. The number of aliphatic hydroxyl groups excluding tert-OH is 1. The first-order valence-corrected chi connectivity index (χ1v) is 35.6. The summed E-state index contributed by atoms with van der Waals surface area (Å²) in [6, 6.07) is -7.60. The highest BCUT2D eigenvalue weighted by molar-refractivity contribution is 7.99. The summed E-state index contributed by atoms with van der Waals surface area (Å²) < 4.78 is 11.5. The Balaban J connectivity index is 0. The van der Waals surface area contributed by atoms with Crippen molar-refractivity contribution in [2.75, 3.05) is 50.9 Å². The van der Waals surface area contributed by atoms with E-state index in [2.05, 4.69) is 40.4 Å². The van der Waals surface area contributed by atoms with Crippen molar-refractivity contribution in [3.63, 3.8) is 0 Å². The number of unbranched alkanes of at least 4 members (excludes halogenated alkanes) is 28. The van der Waals surface area contributed by atoms with E-state index in [1.165, 1.54) is 127 Å². The lowest BCUT2D eigenvalue weighted by Gasteiger charge is -2.27. The Labute approximate surface area is 541 Å². The highest BCUT2D eigenvalue weighted by atomic mass is 32.2.